The van der Waals surface area contributed by atoms with E-state index in [1.54, 1.807) is 0 Å². The number of piperidine rings is 1. The monoisotopic (exact) mass is 219 g/mol. The summed E-state index contributed by atoms with van der Waals surface area (Å²) >= 11 is 0. The molecule has 1 fully saturated rings. The van der Waals surface area contributed by atoms with Crippen LogP contribution in [0.4, 0.5) is 0 Å². The number of phenolic OH excluding ortho intramolecular Hbond substituents is 1. The molecular formula is C14H21NO. The third-order valence-corrected chi connectivity index (χ3v) is 3.71. The van der Waals surface area contributed by atoms with Gasteiger partial charge in [-0.3, -0.25) is 0 Å². The first kappa shape index (κ1) is 11.5. The van der Waals surface area contributed by atoms with Crippen molar-refractivity contribution in [2.45, 2.75) is 33.1 Å². The van der Waals surface area contributed by atoms with E-state index >= 15 is 0 Å². The van der Waals surface area contributed by atoms with Crippen LogP contribution >= 0.6 is 0 Å². The zero-order chi connectivity index (χ0) is 11.5. The summed E-state index contributed by atoms with van der Waals surface area (Å²) in [7, 11) is 0. The first-order valence-electron chi connectivity index (χ1n) is 6.17. The van der Waals surface area contributed by atoms with Crippen LogP contribution in [0, 0.1) is 19.8 Å². The van der Waals surface area contributed by atoms with Gasteiger partial charge in [-0.25, -0.2) is 0 Å². The molecular weight excluding hydrogens is 198 g/mol. The number of nitrogens with one attached hydrogen (secondary N) is 1. The Morgan fingerprint density at radius 1 is 1.25 bits per heavy atom. The third kappa shape index (κ3) is 2.38. The largest absolute Gasteiger partial charge is 0.507 e. The number of hydrogen-bond acceptors (Lipinski definition) is 2. The van der Waals surface area contributed by atoms with E-state index in [1.807, 2.05) is 19.9 Å². The zero-order valence-electron chi connectivity index (χ0n) is 10.2. The highest BCUT2D eigenvalue weighted by molar-refractivity contribution is 5.44. The lowest BCUT2D eigenvalue weighted by Gasteiger charge is -2.23. The van der Waals surface area contributed by atoms with Crippen molar-refractivity contribution >= 4 is 0 Å². The van der Waals surface area contributed by atoms with E-state index in [1.165, 1.54) is 18.4 Å². The van der Waals surface area contributed by atoms with Crippen molar-refractivity contribution in [1.82, 2.24) is 5.32 Å². The molecule has 0 saturated carbocycles. The summed E-state index contributed by atoms with van der Waals surface area (Å²) in [6, 6.07) is 4.20. The van der Waals surface area contributed by atoms with Crippen molar-refractivity contribution in [3.05, 3.63) is 28.8 Å². The molecule has 2 rings (SSSR count). The molecule has 0 atom stereocenters. The highest BCUT2D eigenvalue weighted by Crippen LogP contribution is 2.28. The van der Waals surface area contributed by atoms with Gasteiger partial charge in [0.25, 0.3) is 0 Å². The molecule has 0 amide bonds. The molecule has 2 N–H and O–H groups in total. The predicted octanol–water partition coefficient (Wildman–Crippen LogP) is 2.55. The lowest BCUT2D eigenvalue weighted by atomic mass is 9.88. The van der Waals surface area contributed by atoms with Gasteiger partial charge >= 0.3 is 0 Å². The summed E-state index contributed by atoms with van der Waals surface area (Å²) < 4.78 is 0. The topological polar surface area (TPSA) is 32.3 Å². The lowest BCUT2D eigenvalue weighted by molar-refractivity contribution is 0.371. The van der Waals surface area contributed by atoms with Crippen LogP contribution in [0.1, 0.15) is 29.5 Å². The predicted molar refractivity (Wildman–Crippen MR) is 66.9 cm³/mol. The molecule has 0 radical (unpaired) electrons. The van der Waals surface area contributed by atoms with Gasteiger partial charge in [0, 0.05) is 0 Å². The van der Waals surface area contributed by atoms with E-state index in [4.69, 9.17) is 0 Å². The molecule has 0 bridgehead atoms. The number of hydrogen-bond donors (Lipinski definition) is 2. The molecule has 1 aliphatic rings. The van der Waals surface area contributed by atoms with Gasteiger partial charge in [0.1, 0.15) is 5.75 Å². The van der Waals surface area contributed by atoms with Crippen LogP contribution in [-0.2, 0) is 6.42 Å². The maximum atomic E-state index is 9.90. The highest BCUT2D eigenvalue weighted by Gasteiger charge is 2.15. The Hall–Kier alpha value is -1.02. The minimum absolute atomic E-state index is 0.478. The second-order valence-corrected chi connectivity index (χ2v) is 4.91. The van der Waals surface area contributed by atoms with Gasteiger partial charge in [-0.05, 0) is 68.8 Å². The second kappa shape index (κ2) is 4.88. The lowest BCUT2D eigenvalue weighted by Crippen LogP contribution is -2.28. The van der Waals surface area contributed by atoms with Gasteiger partial charge < -0.3 is 10.4 Å². The molecule has 2 heteroatoms. The minimum atomic E-state index is 0.478. The van der Waals surface area contributed by atoms with E-state index in [0.717, 1.165) is 36.6 Å². The number of benzene rings is 1. The Balaban J connectivity index is 2.11. The minimum Gasteiger partial charge on any atom is -0.507 e. The Morgan fingerprint density at radius 3 is 2.62 bits per heavy atom. The number of aryl methyl sites for hydroxylation is 1. The Bertz CT molecular complexity index is 367. The quantitative estimate of drug-likeness (QED) is 0.801. The molecule has 1 aromatic carbocycles. The SMILES string of the molecule is Cc1ccc(CC2CCNCC2)c(C)c1O. The van der Waals surface area contributed by atoms with Gasteiger partial charge in [0.05, 0.1) is 0 Å². The first-order chi connectivity index (χ1) is 7.68. The Labute approximate surface area is 97.7 Å². The number of aromatic hydroxyl groups is 1. The molecule has 1 aromatic rings. The average molecular weight is 219 g/mol. The second-order valence-electron chi connectivity index (χ2n) is 4.91. The summed E-state index contributed by atoms with van der Waals surface area (Å²) in [5.41, 5.74) is 3.36. The number of rotatable bonds is 2. The van der Waals surface area contributed by atoms with Gasteiger partial charge in [-0.1, -0.05) is 12.1 Å². The molecule has 1 saturated heterocycles. The third-order valence-electron chi connectivity index (χ3n) is 3.71. The molecule has 0 aliphatic carbocycles. The van der Waals surface area contributed by atoms with Crippen molar-refractivity contribution < 1.29 is 5.11 Å². The Kier molecular flexibility index (Phi) is 3.49. The van der Waals surface area contributed by atoms with E-state index in [-0.39, 0.29) is 0 Å². The van der Waals surface area contributed by atoms with Gasteiger partial charge in [0.2, 0.25) is 0 Å². The smallest absolute Gasteiger partial charge is 0.121 e. The Morgan fingerprint density at radius 2 is 1.94 bits per heavy atom. The zero-order valence-corrected chi connectivity index (χ0v) is 10.2. The molecule has 1 aliphatic heterocycles. The van der Waals surface area contributed by atoms with E-state index in [2.05, 4.69) is 11.4 Å². The van der Waals surface area contributed by atoms with Crippen LogP contribution in [0.3, 0.4) is 0 Å². The molecule has 0 aromatic heterocycles. The maximum Gasteiger partial charge on any atom is 0.121 e. The van der Waals surface area contributed by atoms with Gasteiger partial charge in [-0.15, -0.1) is 0 Å². The van der Waals surface area contributed by atoms with Crippen LogP contribution in [0.5, 0.6) is 5.75 Å². The number of phenols is 1. The first-order valence-corrected chi connectivity index (χ1v) is 6.17. The summed E-state index contributed by atoms with van der Waals surface area (Å²) in [6.45, 7) is 6.26. The van der Waals surface area contributed by atoms with Crippen molar-refractivity contribution in [1.29, 1.82) is 0 Å². The molecule has 16 heavy (non-hydrogen) atoms. The molecule has 2 nitrogen and oxygen atoms in total. The molecule has 88 valence electrons. The van der Waals surface area contributed by atoms with E-state index in [0.29, 0.717) is 5.75 Å². The summed E-state index contributed by atoms with van der Waals surface area (Å²) in [5, 5.41) is 13.3. The fourth-order valence-corrected chi connectivity index (χ4v) is 2.50. The highest BCUT2D eigenvalue weighted by atomic mass is 16.3. The summed E-state index contributed by atoms with van der Waals surface area (Å²) in [4.78, 5) is 0. The van der Waals surface area contributed by atoms with Crippen LogP contribution in [0.25, 0.3) is 0 Å². The van der Waals surface area contributed by atoms with Crippen LogP contribution in [0.2, 0.25) is 0 Å². The van der Waals surface area contributed by atoms with Gasteiger partial charge in [0.15, 0.2) is 0 Å². The maximum absolute atomic E-state index is 9.90. The van der Waals surface area contributed by atoms with Crippen LogP contribution in [0.15, 0.2) is 12.1 Å². The fourth-order valence-electron chi connectivity index (χ4n) is 2.50. The average Bonchev–Trinajstić information content (AvgIpc) is 2.31. The summed E-state index contributed by atoms with van der Waals surface area (Å²) in [5.74, 6) is 1.26. The molecule has 1 heterocycles. The molecule has 0 unspecified atom stereocenters. The van der Waals surface area contributed by atoms with Crippen molar-refractivity contribution in [3.8, 4) is 5.75 Å². The molecule has 0 spiro atoms. The van der Waals surface area contributed by atoms with Crippen molar-refractivity contribution in [3.63, 3.8) is 0 Å². The van der Waals surface area contributed by atoms with Crippen molar-refractivity contribution in [2.75, 3.05) is 13.1 Å². The van der Waals surface area contributed by atoms with E-state index in [9.17, 15) is 5.11 Å². The fraction of sp³-hybridized carbons (Fsp3) is 0.571. The van der Waals surface area contributed by atoms with Crippen LogP contribution in [-0.4, -0.2) is 18.2 Å². The van der Waals surface area contributed by atoms with Crippen LogP contribution < -0.4 is 5.32 Å². The van der Waals surface area contributed by atoms with Gasteiger partial charge in [-0.2, -0.15) is 0 Å². The summed E-state index contributed by atoms with van der Waals surface area (Å²) in [6.07, 6.45) is 3.63. The van der Waals surface area contributed by atoms with E-state index < -0.39 is 0 Å². The standard InChI is InChI=1S/C14H21NO/c1-10-3-4-13(11(2)14(10)16)9-12-5-7-15-8-6-12/h3-4,12,15-16H,5-9H2,1-2H3. The normalized spacial score (nSPS) is 17.6. The van der Waals surface area contributed by atoms with Crippen molar-refractivity contribution in [2.24, 2.45) is 5.92 Å².